The second-order valence-corrected chi connectivity index (χ2v) is 8.90. The summed E-state index contributed by atoms with van der Waals surface area (Å²) in [4.78, 5) is 15.1. The molecular weight excluding hydrogens is 402 g/mol. The minimum Gasteiger partial charge on any atom is -0.332 e. The van der Waals surface area contributed by atoms with Gasteiger partial charge in [-0.3, -0.25) is 9.89 Å². The van der Waals surface area contributed by atoms with E-state index in [0.29, 0.717) is 31.7 Å². The summed E-state index contributed by atoms with van der Waals surface area (Å²) >= 11 is 0. The number of nitrogens with one attached hydrogen (secondary N) is 1. The summed E-state index contributed by atoms with van der Waals surface area (Å²) < 4.78 is 22.9. The third kappa shape index (κ3) is 3.87. The van der Waals surface area contributed by atoms with Crippen LogP contribution in [0.3, 0.4) is 0 Å². The zero-order valence-electron chi connectivity index (χ0n) is 16.3. The largest absolute Gasteiger partial charge is 0.332 e. The first-order valence-electron chi connectivity index (χ1n) is 9.61. The van der Waals surface area contributed by atoms with Gasteiger partial charge in [-0.05, 0) is 30.7 Å². The van der Waals surface area contributed by atoms with E-state index in [1.54, 1.807) is 17.0 Å². The molecule has 2 heterocycles. The van der Waals surface area contributed by atoms with Crippen LogP contribution in [0.25, 0.3) is 11.3 Å². The SMILES string of the molecule is NCCC(C(=O)N1Cc2[nH]nc(-c3ccc(S(N)(=O)=O)cc3)c2C1)c1ccccc1. The summed E-state index contributed by atoms with van der Waals surface area (Å²) in [6, 6.07) is 15.9. The molecule has 1 amide bonds. The highest BCUT2D eigenvalue weighted by Crippen LogP contribution is 2.33. The molecule has 2 aromatic carbocycles. The topological polar surface area (TPSA) is 135 Å². The fourth-order valence-corrected chi connectivity index (χ4v) is 4.36. The quantitative estimate of drug-likeness (QED) is 0.552. The molecule has 1 aliphatic heterocycles. The number of rotatable bonds is 6. The van der Waals surface area contributed by atoms with Crippen LogP contribution in [0.15, 0.2) is 59.5 Å². The maximum absolute atomic E-state index is 13.3. The van der Waals surface area contributed by atoms with Crippen LogP contribution in [0.2, 0.25) is 0 Å². The molecule has 3 aromatic rings. The standard InChI is InChI=1S/C21H23N5O3S/c22-11-10-17(14-4-2-1-3-5-14)21(27)26-12-18-19(13-26)24-25-20(18)15-6-8-16(9-7-15)30(23,28)29/h1-9,17H,10-13,22H2,(H,24,25)(H2,23,28,29). The van der Waals surface area contributed by atoms with Gasteiger partial charge in [-0.25, -0.2) is 13.6 Å². The average molecular weight is 426 g/mol. The molecule has 0 aliphatic carbocycles. The van der Waals surface area contributed by atoms with E-state index in [1.165, 1.54) is 12.1 Å². The van der Waals surface area contributed by atoms with E-state index in [0.717, 1.165) is 22.4 Å². The average Bonchev–Trinajstić information content (AvgIpc) is 3.32. The molecule has 4 rings (SSSR count). The smallest absolute Gasteiger partial charge is 0.238 e. The molecule has 0 fully saturated rings. The Balaban J connectivity index is 1.57. The fraction of sp³-hybridized carbons (Fsp3) is 0.238. The summed E-state index contributed by atoms with van der Waals surface area (Å²) in [5.41, 5.74) is 10.0. The van der Waals surface area contributed by atoms with Gasteiger partial charge in [0.25, 0.3) is 0 Å². The van der Waals surface area contributed by atoms with Crippen molar-refractivity contribution >= 4 is 15.9 Å². The number of aromatic amines is 1. The minimum absolute atomic E-state index is 0.0340. The maximum atomic E-state index is 13.3. The lowest BCUT2D eigenvalue weighted by Crippen LogP contribution is -2.32. The van der Waals surface area contributed by atoms with E-state index < -0.39 is 10.0 Å². The van der Waals surface area contributed by atoms with Gasteiger partial charge in [0.2, 0.25) is 15.9 Å². The van der Waals surface area contributed by atoms with Crippen LogP contribution >= 0.6 is 0 Å². The summed E-state index contributed by atoms with van der Waals surface area (Å²) in [6.07, 6.45) is 0.577. The summed E-state index contributed by atoms with van der Waals surface area (Å²) in [5.74, 6) is -0.252. The molecule has 0 saturated heterocycles. The van der Waals surface area contributed by atoms with Gasteiger partial charge in [-0.2, -0.15) is 5.10 Å². The summed E-state index contributed by atoms with van der Waals surface area (Å²) in [6.45, 7) is 1.31. The third-order valence-electron chi connectivity index (χ3n) is 5.37. The molecule has 1 unspecified atom stereocenters. The van der Waals surface area contributed by atoms with Crippen molar-refractivity contribution in [3.05, 3.63) is 71.4 Å². The Bertz CT molecular complexity index is 1160. The maximum Gasteiger partial charge on any atom is 0.238 e. The van der Waals surface area contributed by atoms with Crippen LogP contribution in [0.4, 0.5) is 0 Å². The number of carbonyl (C=O) groups excluding carboxylic acids is 1. The van der Waals surface area contributed by atoms with E-state index in [4.69, 9.17) is 10.9 Å². The number of fused-ring (bicyclic) bond motifs is 1. The Morgan fingerprint density at radius 1 is 1.10 bits per heavy atom. The predicted molar refractivity (Wildman–Crippen MR) is 113 cm³/mol. The van der Waals surface area contributed by atoms with Crippen molar-refractivity contribution in [2.75, 3.05) is 6.54 Å². The molecule has 0 spiro atoms. The lowest BCUT2D eigenvalue weighted by Gasteiger charge is -2.23. The van der Waals surface area contributed by atoms with Gasteiger partial charge in [0.05, 0.1) is 35.3 Å². The van der Waals surface area contributed by atoms with Gasteiger partial charge in [0.1, 0.15) is 0 Å². The number of H-pyrrole nitrogens is 1. The lowest BCUT2D eigenvalue weighted by molar-refractivity contribution is -0.133. The van der Waals surface area contributed by atoms with Crippen LogP contribution in [0, 0.1) is 0 Å². The first kappa shape index (κ1) is 20.3. The molecule has 5 N–H and O–H groups in total. The van der Waals surface area contributed by atoms with E-state index in [9.17, 15) is 13.2 Å². The number of sulfonamides is 1. The third-order valence-corrected chi connectivity index (χ3v) is 6.30. The van der Waals surface area contributed by atoms with Gasteiger partial charge in [-0.1, -0.05) is 42.5 Å². The molecule has 0 saturated carbocycles. The van der Waals surface area contributed by atoms with E-state index in [-0.39, 0.29) is 16.7 Å². The number of carbonyl (C=O) groups is 1. The molecule has 30 heavy (non-hydrogen) atoms. The van der Waals surface area contributed by atoms with Gasteiger partial charge in [-0.15, -0.1) is 0 Å². The molecule has 8 nitrogen and oxygen atoms in total. The molecule has 9 heteroatoms. The first-order valence-corrected chi connectivity index (χ1v) is 11.2. The van der Waals surface area contributed by atoms with Crippen LogP contribution in [-0.4, -0.2) is 36.0 Å². The number of hydrogen-bond donors (Lipinski definition) is 3. The molecule has 0 radical (unpaired) electrons. The van der Waals surface area contributed by atoms with Crippen LogP contribution in [0.5, 0.6) is 0 Å². The van der Waals surface area contributed by atoms with Crippen molar-refractivity contribution < 1.29 is 13.2 Å². The van der Waals surface area contributed by atoms with Gasteiger partial charge in [0, 0.05) is 11.1 Å². The molecule has 1 atom stereocenters. The minimum atomic E-state index is -3.75. The summed E-state index contributed by atoms with van der Waals surface area (Å²) in [5, 5.41) is 12.5. The van der Waals surface area contributed by atoms with Gasteiger partial charge >= 0.3 is 0 Å². The molecule has 0 bridgehead atoms. The Kier molecular flexibility index (Phi) is 5.42. The van der Waals surface area contributed by atoms with Gasteiger partial charge < -0.3 is 10.6 Å². The highest BCUT2D eigenvalue weighted by molar-refractivity contribution is 7.89. The van der Waals surface area contributed by atoms with Crippen molar-refractivity contribution in [3.63, 3.8) is 0 Å². The zero-order chi connectivity index (χ0) is 21.3. The number of nitrogens with two attached hydrogens (primary N) is 2. The normalized spacial score (nSPS) is 14.5. The second-order valence-electron chi connectivity index (χ2n) is 7.33. The van der Waals surface area contributed by atoms with Crippen molar-refractivity contribution in [3.8, 4) is 11.3 Å². The molecule has 156 valence electrons. The Morgan fingerprint density at radius 2 is 1.80 bits per heavy atom. The highest BCUT2D eigenvalue weighted by Gasteiger charge is 2.32. The number of aromatic nitrogens is 2. The van der Waals surface area contributed by atoms with Crippen molar-refractivity contribution in [1.82, 2.24) is 15.1 Å². The van der Waals surface area contributed by atoms with E-state index >= 15 is 0 Å². The van der Waals surface area contributed by atoms with Crippen LogP contribution in [-0.2, 0) is 27.9 Å². The van der Waals surface area contributed by atoms with E-state index in [1.807, 2.05) is 30.3 Å². The zero-order valence-corrected chi connectivity index (χ0v) is 17.1. The Labute approximate surface area is 174 Å². The Hall–Kier alpha value is -3.01. The van der Waals surface area contributed by atoms with Crippen molar-refractivity contribution in [2.24, 2.45) is 10.9 Å². The number of primary sulfonamides is 1. The van der Waals surface area contributed by atoms with Crippen molar-refractivity contribution in [1.29, 1.82) is 0 Å². The van der Waals surface area contributed by atoms with E-state index in [2.05, 4.69) is 10.2 Å². The number of nitrogens with zero attached hydrogens (tertiary/aromatic N) is 2. The number of amides is 1. The van der Waals surface area contributed by atoms with Crippen molar-refractivity contribution in [2.45, 2.75) is 30.3 Å². The predicted octanol–water partition coefficient (Wildman–Crippen LogP) is 1.70. The van der Waals surface area contributed by atoms with Gasteiger partial charge in [0.15, 0.2) is 0 Å². The Morgan fingerprint density at radius 3 is 2.43 bits per heavy atom. The second kappa shape index (κ2) is 8.02. The fourth-order valence-electron chi connectivity index (χ4n) is 3.84. The number of hydrogen-bond acceptors (Lipinski definition) is 5. The molecule has 1 aliphatic rings. The highest BCUT2D eigenvalue weighted by atomic mass is 32.2. The van der Waals surface area contributed by atoms with Crippen LogP contribution < -0.4 is 10.9 Å². The first-order chi connectivity index (χ1) is 14.4. The molecule has 1 aromatic heterocycles. The summed E-state index contributed by atoms with van der Waals surface area (Å²) in [7, 11) is -3.75. The monoisotopic (exact) mass is 425 g/mol. The molecular formula is C21H23N5O3S. The lowest BCUT2D eigenvalue weighted by atomic mass is 9.94. The number of benzene rings is 2. The van der Waals surface area contributed by atoms with Crippen LogP contribution in [0.1, 0.15) is 29.2 Å².